The number of carbonyl (C=O) groups is 2. The van der Waals surface area contributed by atoms with E-state index in [-0.39, 0.29) is 28.5 Å². The lowest BCUT2D eigenvalue weighted by atomic mass is 9.75. The number of halogens is 1. The summed E-state index contributed by atoms with van der Waals surface area (Å²) in [6, 6.07) is 4.79. The molecule has 1 aromatic heterocycles. The summed E-state index contributed by atoms with van der Waals surface area (Å²) in [5.41, 5.74) is 2.31. The number of hydrogen-bond donors (Lipinski definition) is 1. The monoisotopic (exact) mass is 427 g/mol. The number of rotatable bonds is 3. The van der Waals surface area contributed by atoms with Crippen molar-refractivity contribution in [2.45, 2.75) is 52.1 Å². The predicted molar refractivity (Wildman–Crippen MR) is 113 cm³/mol. The summed E-state index contributed by atoms with van der Waals surface area (Å²) in [5, 5.41) is 3.91. The van der Waals surface area contributed by atoms with Crippen LogP contribution in [0.5, 0.6) is 0 Å². The van der Waals surface area contributed by atoms with Gasteiger partial charge in [-0.2, -0.15) is 0 Å². The zero-order chi connectivity index (χ0) is 21.6. The fourth-order valence-electron chi connectivity index (χ4n) is 4.16. The van der Waals surface area contributed by atoms with Gasteiger partial charge in [-0.25, -0.2) is 4.79 Å². The molecule has 0 spiro atoms. The van der Waals surface area contributed by atoms with Crippen molar-refractivity contribution in [1.82, 2.24) is 5.32 Å². The van der Waals surface area contributed by atoms with Crippen LogP contribution < -0.4 is 10.7 Å². The number of carbonyl (C=O) groups excluding carboxylic acids is 2. The molecule has 0 amide bonds. The molecule has 1 N–H and O–H groups in total. The van der Waals surface area contributed by atoms with Crippen LogP contribution in [-0.4, -0.2) is 17.9 Å². The summed E-state index contributed by atoms with van der Waals surface area (Å²) < 4.78 is 11.2. The van der Waals surface area contributed by atoms with Crippen LogP contribution in [0.25, 0.3) is 11.0 Å². The van der Waals surface area contributed by atoms with Gasteiger partial charge in [0.05, 0.1) is 29.2 Å². The van der Waals surface area contributed by atoms with Crippen molar-refractivity contribution in [3.05, 3.63) is 67.8 Å². The van der Waals surface area contributed by atoms with Crippen molar-refractivity contribution >= 4 is 34.3 Å². The number of hydrogen-bond acceptors (Lipinski definition) is 6. The molecule has 2 heterocycles. The van der Waals surface area contributed by atoms with Gasteiger partial charge in [-0.05, 0) is 51.8 Å². The van der Waals surface area contributed by atoms with E-state index in [1.165, 1.54) is 12.3 Å². The number of ketones is 1. The minimum atomic E-state index is -0.847. The van der Waals surface area contributed by atoms with Crippen LogP contribution in [0, 0.1) is 0 Å². The van der Waals surface area contributed by atoms with Crippen molar-refractivity contribution < 1.29 is 18.7 Å². The fourth-order valence-corrected chi connectivity index (χ4v) is 4.33. The standard InChI is InChI=1S/C23H22ClNO5/c1-11(2)30-23(28)19-12(3)25-16-5-4-6-17(26)21(16)20(19)15-10-29-18-8-7-13(24)9-14(18)22(15)27/h7-11,20,25H,4-6H2,1-3H3. The largest absolute Gasteiger partial charge is 0.464 e. The Balaban J connectivity index is 1.97. The van der Waals surface area contributed by atoms with Gasteiger partial charge in [0.2, 0.25) is 0 Å². The molecular weight excluding hydrogens is 406 g/mol. The van der Waals surface area contributed by atoms with E-state index in [4.69, 9.17) is 20.8 Å². The lowest BCUT2D eigenvalue weighted by molar-refractivity contribution is -0.143. The average molecular weight is 428 g/mol. The molecule has 1 aromatic carbocycles. The van der Waals surface area contributed by atoms with Gasteiger partial charge in [-0.1, -0.05) is 11.6 Å². The summed E-state index contributed by atoms with van der Waals surface area (Å²) >= 11 is 6.08. The summed E-state index contributed by atoms with van der Waals surface area (Å²) in [4.78, 5) is 39.3. The highest BCUT2D eigenvalue weighted by atomic mass is 35.5. The van der Waals surface area contributed by atoms with Gasteiger partial charge in [0.25, 0.3) is 0 Å². The quantitative estimate of drug-likeness (QED) is 0.732. The summed E-state index contributed by atoms with van der Waals surface area (Å²) in [5.74, 6) is -1.49. The van der Waals surface area contributed by atoms with E-state index in [1.807, 2.05) is 0 Å². The number of ether oxygens (including phenoxy) is 1. The van der Waals surface area contributed by atoms with E-state index in [2.05, 4.69) is 5.32 Å². The van der Waals surface area contributed by atoms with Crippen molar-refractivity contribution in [2.75, 3.05) is 0 Å². The Morgan fingerprint density at radius 1 is 1.27 bits per heavy atom. The molecule has 1 aliphatic carbocycles. The van der Waals surface area contributed by atoms with Gasteiger partial charge in [-0.15, -0.1) is 0 Å². The van der Waals surface area contributed by atoms with Crippen LogP contribution in [0.3, 0.4) is 0 Å². The van der Waals surface area contributed by atoms with E-state index in [1.54, 1.807) is 32.9 Å². The second kappa shape index (κ2) is 7.76. The summed E-state index contributed by atoms with van der Waals surface area (Å²) in [6.07, 6.45) is 2.76. The maximum Gasteiger partial charge on any atom is 0.337 e. The second-order valence-electron chi connectivity index (χ2n) is 7.88. The van der Waals surface area contributed by atoms with Crippen molar-refractivity contribution in [3.63, 3.8) is 0 Å². The molecule has 1 atom stereocenters. The third-order valence-corrected chi connectivity index (χ3v) is 5.65. The Labute approximate surface area is 178 Å². The van der Waals surface area contributed by atoms with E-state index in [0.717, 1.165) is 12.1 Å². The third kappa shape index (κ3) is 3.45. The molecule has 0 radical (unpaired) electrons. The van der Waals surface area contributed by atoms with Crippen molar-refractivity contribution in [1.29, 1.82) is 0 Å². The first kappa shape index (κ1) is 20.4. The van der Waals surface area contributed by atoms with Gasteiger partial charge >= 0.3 is 5.97 Å². The zero-order valence-electron chi connectivity index (χ0n) is 17.0. The van der Waals surface area contributed by atoms with Crippen LogP contribution in [0.15, 0.2) is 56.2 Å². The molecule has 4 rings (SSSR count). The molecule has 2 aromatic rings. The van der Waals surface area contributed by atoms with Gasteiger partial charge in [0, 0.05) is 34.0 Å². The molecule has 30 heavy (non-hydrogen) atoms. The predicted octanol–water partition coefficient (Wildman–Crippen LogP) is 4.37. The number of Topliss-reactive ketones (excluding diaryl/α,β-unsaturated/α-hetero) is 1. The second-order valence-corrected chi connectivity index (χ2v) is 8.32. The smallest absolute Gasteiger partial charge is 0.337 e. The number of nitrogens with one attached hydrogen (secondary N) is 1. The van der Waals surface area contributed by atoms with E-state index in [9.17, 15) is 14.4 Å². The average Bonchev–Trinajstić information content (AvgIpc) is 2.67. The molecule has 6 nitrogen and oxygen atoms in total. The first-order valence-electron chi connectivity index (χ1n) is 9.94. The number of benzene rings is 1. The van der Waals surface area contributed by atoms with E-state index >= 15 is 0 Å². The maximum absolute atomic E-state index is 13.4. The molecule has 1 unspecified atom stereocenters. The van der Waals surface area contributed by atoms with Gasteiger partial charge in [-0.3, -0.25) is 9.59 Å². The molecule has 2 aliphatic rings. The van der Waals surface area contributed by atoms with Gasteiger partial charge in [0.15, 0.2) is 11.2 Å². The van der Waals surface area contributed by atoms with Crippen LogP contribution >= 0.6 is 11.6 Å². The number of allylic oxidation sites excluding steroid dienone is 3. The summed E-state index contributed by atoms with van der Waals surface area (Å²) in [7, 11) is 0. The minimum Gasteiger partial charge on any atom is -0.464 e. The van der Waals surface area contributed by atoms with Crippen molar-refractivity contribution in [3.8, 4) is 0 Å². The van der Waals surface area contributed by atoms with Crippen molar-refractivity contribution in [2.24, 2.45) is 0 Å². The highest BCUT2D eigenvalue weighted by Gasteiger charge is 2.40. The number of esters is 1. The van der Waals surface area contributed by atoms with Crippen LogP contribution in [0.4, 0.5) is 0 Å². The SMILES string of the molecule is CC1=C(C(=O)OC(C)C)C(c2coc3ccc(Cl)cc3c2=O)C2=C(CCCC2=O)N1. The number of fused-ring (bicyclic) bond motifs is 1. The normalized spacial score (nSPS) is 19.2. The van der Waals surface area contributed by atoms with Gasteiger partial charge in [0.1, 0.15) is 5.58 Å². The molecule has 1 aliphatic heterocycles. The third-order valence-electron chi connectivity index (χ3n) is 5.41. The molecule has 0 saturated carbocycles. The maximum atomic E-state index is 13.4. The Kier molecular flexibility index (Phi) is 5.28. The Morgan fingerprint density at radius 3 is 2.77 bits per heavy atom. The van der Waals surface area contributed by atoms with E-state index < -0.39 is 11.9 Å². The highest BCUT2D eigenvalue weighted by Crippen LogP contribution is 2.42. The molecule has 156 valence electrons. The fraction of sp³-hybridized carbons (Fsp3) is 0.348. The first-order chi connectivity index (χ1) is 14.3. The Hall–Kier alpha value is -2.86. The lowest BCUT2D eigenvalue weighted by Gasteiger charge is -2.33. The highest BCUT2D eigenvalue weighted by molar-refractivity contribution is 6.31. The lowest BCUT2D eigenvalue weighted by Crippen LogP contribution is -2.36. The van der Waals surface area contributed by atoms with Crippen LogP contribution in [0.1, 0.15) is 51.5 Å². The summed E-state index contributed by atoms with van der Waals surface area (Å²) in [6.45, 7) is 5.26. The number of dihydropyridines is 1. The molecule has 0 bridgehead atoms. The van der Waals surface area contributed by atoms with Crippen LogP contribution in [-0.2, 0) is 14.3 Å². The molecule has 7 heteroatoms. The topological polar surface area (TPSA) is 85.6 Å². The molecular formula is C23H22ClNO5. The van der Waals surface area contributed by atoms with Crippen LogP contribution in [0.2, 0.25) is 5.02 Å². The molecule has 0 fully saturated rings. The van der Waals surface area contributed by atoms with E-state index in [0.29, 0.717) is 40.1 Å². The zero-order valence-corrected chi connectivity index (χ0v) is 17.8. The molecule has 0 saturated heterocycles. The van der Waals surface area contributed by atoms with Gasteiger partial charge < -0.3 is 14.5 Å². The Morgan fingerprint density at radius 2 is 2.03 bits per heavy atom. The minimum absolute atomic E-state index is 0.0818. The first-order valence-corrected chi connectivity index (χ1v) is 10.3. The Bertz CT molecular complexity index is 1190.